The van der Waals surface area contributed by atoms with Crippen LogP contribution in [0.25, 0.3) is 0 Å². The van der Waals surface area contributed by atoms with Gasteiger partial charge in [0.1, 0.15) is 23.8 Å². The number of ether oxygens (including phenoxy) is 2. The van der Waals surface area contributed by atoms with Gasteiger partial charge in [-0.3, -0.25) is 5.32 Å². The molecule has 2 heterocycles. The molecule has 1 aromatic heterocycles. The third-order valence-corrected chi connectivity index (χ3v) is 5.94. The zero-order valence-electron chi connectivity index (χ0n) is 20.2. The minimum atomic E-state index is -0.780. The number of benzene rings is 1. The molecular weight excluding hydrogens is 469 g/mol. The van der Waals surface area contributed by atoms with Crippen LogP contribution in [0.15, 0.2) is 24.4 Å². The Hall–Kier alpha value is -2.43. The topological polar surface area (TPSA) is 78.9 Å². The number of nitrogens with one attached hydrogen (secondary N) is 1. The van der Waals surface area contributed by atoms with Crippen molar-refractivity contribution in [2.24, 2.45) is 0 Å². The first kappa shape index (κ1) is 26.2. The van der Waals surface area contributed by atoms with Gasteiger partial charge in [0.2, 0.25) is 0 Å². The van der Waals surface area contributed by atoms with Crippen molar-refractivity contribution in [3.05, 3.63) is 46.6 Å². The maximum atomic E-state index is 14.2. The Morgan fingerprint density at radius 1 is 1.15 bits per heavy atom. The number of amides is 1. The molecule has 3 rings (SSSR count). The Bertz CT molecular complexity index is 1080. The van der Waals surface area contributed by atoms with Gasteiger partial charge in [0, 0.05) is 17.2 Å². The van der Waals surface area contributed by atoms with E-state index in [-0.39, 0.29) is 17.1 Å². The van der Waals surface area contributed by atoms with Crippen LogP contribution in [0, 0.1) is 11.6 Å². The van der Waals surface area contributed by atoms with E-state index in [0.29, 0.717) is 5.46 Å². The quantitative estimate of drug-likeness (QED) is 0.451. The summed E-state index contributed by atoms with van der Waals surface area (Å²) in [5.41, 5.74) is -1.60. The Labute approximate surface area is 203 Å². The highest BCUT2D eigenvalue weighted by Gasteiger charge is 2.52. The molecule has 7 nitrogen and oxygen atoms in total. The zero-order valence-corrected chi connectivity index (χ0v) is 21.0. The van der Waals surface area contributed by atoms with E-state index in [9.17, 15) is 13.6 Å². The number of pyridine rings is 1. The molecule has 1 aliphatic heterocycles. The molecule has 1 aromatic carbocycles. The van der Waals surface area contributed by atoms with Gasteiger partial charge < -0.3 is 18.8 Å². The molecule has 0 aliphatic carbocycles. The number of halogens is 3. The lowest BCUT2D eigenvalue weighted by molar-refractivity contribution is 0.00578. The molecule has 1 N–H and O–H groups in total. The van der Waals surface area contributed by atoms with Crippen molar-refractivity contribution in [1.29, 1.82) is 0 Å². The maximum Gasteiger partial charge on any atom is 0.496 e. The van der Waals surface area contributed by atoms with Crippen molar-refractivity contribution < 1.29 is 32.4 Å². The molecule has 1 aliphatic rings. The van der Waals surface area contributed by atoms with Gasteiger partial charge in [0.05, 0.1) is 16.2 Å². The average molecular weight is 497 g/mol. The molecule has 0 atom stereocenters. The van der Waals surface area contributed by atoms with Crippen molar-refractivity contribution in [2.45, 2.75) is 71.9 Å². The Morgan fingerprint density at radius 2 is 1.74 bits per heavy atom. The smallest absolute Gasteiger partial charge is 0.485 e. The Kier molecular flexibility index (Phi) is 7.18. The molecule has 184 valence electrons. The monoisotopic (exact) mass is 496 g/mol. The first-order valence-electron chi connectivity index (χ1n) is 10.7. The number of anilines is 1. The van der Waals surface area contributed by atoms with Crippen LogP contribution in [0.1, 0.15) is 54.0 Å². The molecule has 0 unspecified atom stereocenters. The van der Waals surface area contributed by atoms with Crippen molar-refractivity contribution in [3.63, 3.8) is 0 Å². The molecule has 0 saturated carbocycles. The minimum absolute atomic E-state index is 0.0162. The lowest BCUT2D eigenvalue weighted by Gasteiger charge is -2.32. The van der Waals surface area contributed by atoms with Gasteiger partial charge in [-0.15, -0.1) is 0 Å². The molecule has 0 radical (unpaired) electrons. The van der Waals surface area contributed by atoms with Gasteiger partial charge in [-0.05, 0) is 66.7 Å². The van der Waals surface area contributed by atoms with E-state index in [2.05, 4.69) is 10.3 Å². The van der Waals surface area contributed by atoms with E-state index in [1.165, 1.54) is 6.20 Å². The summed E-state index contributed by atoms with van der Waals surface area (Å²) in [5, 5.41) is 2.12. The van der Waals surface area contributed by atoms with Crippen molar-refractivity contribution in [1.82, 2.24) is 4.98 Å². The normalized spacial score (nSPS) is 16.9. The molecule has 1 amide bonds. The zero-order chi connectivity index (χ0) is 25.5. The number of carbonyl (C=O) groups is 1. The predicted octanol–water partition coefficient (Wildman–Crippen LogP) is 5.24. The summed E-state index contributed by atoms with van der Waals surface area (Å²) >= 11 is 5.92. The van der Waals surface area contributed by atoms with E-state index in [4.69, 9.17) is 30.4 Å². The number of nitrogens with zero attached hydrogens (tertiary/aromatic N) is 1. The van der Waals surface area contributed by atoms with Gasteiger partial charge in [-0.25, -0.2) is 18.6 Å². The molecule has 0 spiro atoms. The fourth-order valence-corrected chi connectivity index (χ4v) is 3.23. The fourth-order valence-electron chi connectivity index (χ4n) is 3.02. The number of hydrogen-bond donors (Lipinski definition) is 1. The highest BCUT2D eigenvalue weighted by atomic mass is 35.5. The highest BCUT2D eigenvalue weighted by molar-refractivity contribution is 6.62. The highest BCUT2D eigenvalue weighted by Crippen LogP contribution is 2.37. The second kappa shape index (κ2) is 9.32. The van der Waals surface area contributed by atoms with Gasteiger partial charge >= 0.3 is 13.2 Å². The third-order valence-electron chi connectivity index (χ3n) is 5.53. The van der Waals surface area contributed by atoms with E-state index < -0.39 is 53.3 Å². The van der Waals surface area contributed by atoms with Gasteiger partial charge in [-0.2, -0.15) is 0 Å². The van der Waals surface area contributed by atoms with Crippen LogP contribution in [0.3, 0.4) is 0 Å². The molecule has 1 fully saturated rings. The summed E-state index contributed by atoms with van der Waals surface area (Å²) in [6.45, 7) is 12.4. The molecule has 34 heavy (non-hydrogen) atoms. The van der Waals surface area contributed by atoms with E-state index in [1.54, 1.807) is 26.8 Å². The minimum Gasteiger partial charge on any atom is -0.485 e. The van der Waals surface area contributed by atoms with Crippen LogP contribution in [0.2, 0.25) is 5.02 Å². The van der Waals surface area contributed by atoms with Crippen molar-refractivity contribution in [2.75, 3.05) is 5.32 Å². The summed E-state index contributed by atoms with van der Waals surface area (Å²) in [7, 11) is -0.759. The van der Waals surface area contributed by atoms with E-state index >= 15 is 0 Å². The van der Waals surface area contributed by atoms with Crippen LogP contribution in [0.5, 0.6) is 5.75 Å². The third kappa shape index (κ3) is 5.79. The van der Waals surface area contributed by atoms with E-state index in [0.717, 1.165) is 12.1 Å². The Morgan fingerprint density at radius 3 is 2.32 bits per heavy atom. The lowest BCUT2D eigenvalue weighted by atomic mass is 9.80. The summed E-state index contributed by atoms with van der Waals surface area (Å²) < 4.78 is 51.2. The molecular formula is C23H28BClF2N2O5. The first-order chi connectivity index (χ1) is 15.6. The molecule has 2 aromatic rings. The lowest BCUT2D eigenvalue weighted by Crippen LogP contribution is -2.41. The SMILES string of the molecule is CC(C)(C)OC(=O)Nc1ncc(B2OC(C)(C)C(C)(C)O2)cc1OCc1c(F)ccc(F)c1Cl. The van der Waals surface area contributed by atoms with E-state index in [1.807, 2.05) is 27.7 Å². The van der Waals surface area contributed by atoms with Gasteiger partial charge in [-0.1, -0.05) is 11.6 Å². The molecule has 1 saturated heterocycles. The second-order valence-corrected chi connectivity index (χ2v) is 10.3. The van der Waals surface area contributed by atoms with Crippen LogP contribution >= 0.6 is 11.6 Å². The molecule has 11 heteroatoms. The van der Waals surface area contributed by atoms with Gasteiger partial charge in [0.15, 0.2) is 11.6 Å². The first-order valence-corrected chi connectivity index (χ1v) is 11.1. The van der Waals surface area contributed by atoms with Gasteiger partial charge in [0.25, 0.3) is 0 Å². The number of carbonyl (C=O) groups excluding carboxylic acids is 1. The number of aromatic nitrogens is 1. The van der Waals surface area contributed by atoms with Crippen molar-refractivity contribution in [3.8, 4) is 5.75 Å². The largest absolute Gasteiger partial charge is 0.496 e. The Balaban J connectivity index is 1.92. The second-order valence-electron chi connectivity index (χ2n) is 9.94. The van der Waals surface area contributed by atoms with Crippen LogP contribution < -0.4 is 15.5 Å². The van der Waals surface area contributed by atoms with Crippen molar-refractivity contribution >= 4 is 36.1 Å². The molecule has 0 bridgehead atoms. The maximum absolute atomic E-state index is 14.2. The van der Waals surface area contributed by atoms with Crippen LogP contribution in [-0.2, 0) is 20.7 Å². The predicted molar refractivity (Wildman–Crippen MR) is 126 cm³/mol. The summed E-state index contributed by atoms with van der Waals surface area (Å²) in [5.74, 6) is -1.43. The van der Waals surface area contributed by atoms with Crippen LogP contribution in [0.4, 0.5) is 19.4 Å². The summed E-state index contributed by atoms with van der Waals surface area (Å²) in [6.07, 6.45) is 0.709. The summed E-state index contributed by atoms with van der Waals surface area (Å²) in [4.78, 5) is 16.6. The standard InChI is InChI=1S/C23H28BClF2N2O5/c1-21(2,3)32-20(30)29-19-17(31-12-14-15(26)8-9-16(27)18(14)25)10-13(11-28-19)24-33-22(4,5)23(6,7)34-24/h8-11H,12H2,1-7H3,(H,28,29,30). The fraction of sp³-hybridized carbons (Fsp3) is 0.478. The average Bonchev–Trinajstić information content (AvgIpc) is 2.91. The summed E-state index contributed by atoms with van der Waals surface area (Å²) in [6, 6.07) is 3.43. The number of hydrogen-bond acceptors (Lipinski definition) is 6. The number of rotatable bonds is 5. The van der Waals surface area contributed by atoms with Crippen LogP contribution in [-0.4, -0.2) is 35.0 Å².